The highest BCUT2D eigenvalue weighted by atomic mass is 35.5. The van der Waals surface area contributed by atoms with Crippen molar-refractivity contribution in [1.82, 2.24) is 15.1 Å². The Labute approximate surface area is 214 Å². The van der Waals surface area contributed by atoms with Crippen LogP contribution in [0.4, 0.5) is 13.2 Å². The Balaban J connectivity index is 1.40. The van der Waals surface area contributed by atoms with E-state index in [9.17, 15) is 27.9 Å². The standard InChI is InChI=1S/C26H19ClF3N3O4/c27-20-7-9-21(10-8-20)33-15-19(14-31-33)24(34)32-23(25(35)36)13-16-1-3-17(4-2-16)18-5-11-22(12-6-18)37-26(28,29)30/h1-12,14-15,23H,13H2,(H,32,34)(H,35,36)/t23-/m0/s1. The van der Waals surface area contributed by atoms with Crippen molar-refractivity contribution in [3.63, 3.8) is 0 Å². The number of nitrogens with one attached hydrogen (secondary N) is 1. The van der Waals surface area contributed by atoms with Gasteiger partial charge in [0.25, 0.3) is 5.91 Å². The molecule has 1 aromatic heterocycles. The van der Waals surface area contributed by atoms with Crippen LogP contribution in [0.25, 0.3) is 16.8 Å². The molecule has 37 heavy (non-hydrogen) atoms. The normalized spacial score (nSPS) is 12.1. The Hall–Kier alpha value is -4.31. The predicted molar refractivity (Wildman–Crippen MR) is 130 cm³/mol. The smallest absolute Gasteiger partial charge is 0.480 e. The highest BCUT2D eigenvalue weighted by molar-refractivity contribution is 6.30. The minimum Gasteiger partial charge on any atom is -0.480 e. The Morgan fingerprint density at radius 3 is 2.14 bits per heavy atom. The molecule has 0 aliphatic rings. The third-order valence-corrected chi connectivity index (χ3v) is 5.61. The Kier molecular flexibility index (Phi) is 7.49. The average Bonchev–Trinajstić information content (AvgIpc) is 3.34. The second-order valence-corrected chi connectivity index (χ2v) is 8.42. The molecule has 1 atom stereocenters. The van der Waals surface area contributed by atoms with Crippen molar-refractivity contribution in [3.05, 3.63) is 101 Å². The fraction of sp³-hybridized carbons (Fsp3) is 0.115. The molecule has 1 heterocycles. The number of alkyl halides is 3. The lowest BCUT2D eigenvalue weighted by molar-refractivity contribution is -0.274. The van der Waals surface area contributed by atoms with Crippen molar-refractivity contribution in [2.45, 2.75) is 18.8 Å². The summed E-state index contributed by atoms with van der Waals surface area (Å²) in [5.41, 5.74) is 2.88. The number of ether oxygens (including phenoxy) is 1. The van der Waals surface area contributed by atoms with Gasteiger partial charge in [-0.05, 0) is 53.1 Å². The number of aliphatic carboxylic acids is 1. The van der Waals surface area contributed by atoms with Crippen molar-refractivity contribution in [2.75, 3.05) is 0 Å². The largest absolute Gasteiger partial charge is 0.573 e. The molecule has 0 unspecified atom stereocenters. The maximum atomic E-state index is 12.7. The zero-order valence-corrected chi connectivity index (χ0v) is 19.7. The van der Waals surface area contributed by atoms with Crippen LogP contribution < -0.4 is 10.1 Å². The molecule has 0 spiro atoms. The van der Waals surface area contributed by atoms with Gasteiger partial charge in [-0.1, -0.05) is 48.0 Å². The van der Waals surface area contributed by atoms with Gasteiger partial charge in [-0.25, -0.2) is 9.48 Å². The van der Waals surface area contributed by atoms with Gasteiger partial charge in [0, 0.05) is 17.6 Å². The molecule has 1 amide bonds. The number of benzene rings is 3. The van der Waals surface area contributed by atoms with Crippen molar-refractivity contribution < 1.29 is 32.6 Å². The van der Waals surface area contributed by atoms with Gasteiger partial charge < -0.3 is 15.2 Å². The van der Waals surface area contributed by atoms with Crippen LogP contribution in [0.5, 0.6) is 5.75 Å². The van der Waals surface area contributed by atoms with E-state index in [2.05, 4.69) is 15.2 Å². The summed E-state index contributed by atoms with van der Waals surface area (Å²) in [6, 6.07) is 17.8. The van der Waals surface area contributed by atoms with E-state index in [-0.39, 0.29) is 17.7 Å². The zero-order valence-electron chi connectivity index (χ0n) is 18.9. The molecule has 3 aromatic carbocycles. The highest BCUT2D eigenvalue weighted by Gasteiger charge is 2.31. The summed E-state index contributed by atoms with van der Waals surface area (Å²) >= 11 is 5.88. The van der Waals surface area contributed by atoms with Crippen molar-refractivity contribution in [3.8, 4) is 22.6 Å². The summed E-state index contributed by atoms with van der Waals surface area (Å²) in [5, 5.41) is 16.8. The molecule has 4 rings (SSSR count). The maximum Gasteiger partial charge on any atom is 0.573 e. The molecule has 0 radical (unpaired) electrons. The number of carbonyl (C=O) groups excluding carboxylic acids is 1. The summed E-state index contributed by atoms with van der Waals surface area (Å²) in [5.74, 6) is -2.13. The molecule has 0 bridgehead atoms. The van der Waals surface area contributed by atoms with Crippen LogP contribution in [0.15, 0.2) is 85.2 Å². The van der Waals surface area contributed by atoms with Crippen LogP contribution in [0.2, 0.25) is 5.02 Å². The number of carboxylic acids is 1. The van der Waals surface area contributed by atoms with Crippen LogP contribution in [0.3, 0.4) is 0 Å². The van der Waals surface area contributed by atoms with Crippen molar-refractivity contribution in [2.24, 2.45) is 0 Å². The first kappa shape index (κ1) is 25.8. The van der Waals surface area contributed by atoms with Crippen molar-refractivity contribution in [1.29, 1.82) is 0 Å². The number of carbonyl (C=O) groups is 2. The average molecular weight is 530 g/mol. The first-order valence-electron chi connectivity index (χ1n) is 10.9. The van der Waals surface area contributed by atoms with Gasteiger partial charge in [0.2, 0.25) is 0 Å². The van der Waals surface area contributed by atoms with E-state index in [1.807, 2.05) is 0 Å². The van der Waals surface area contributed by atoms with Gasteiger partial charge in [0.05, 0.1) is 17.4 Å². The molecule has 0 aliphatic heterocycles. The molecule has 4 aromatic rings. The maximum absolute atomic E-state index is 12.7. The number of aromatic nitrogens is 2. The number of halogens is 4. The summed E-state index contributed by atoms with van der Waals surface area (Å²) in [6.45, 7) is 0. The van der Waals surface area contributed by atoms with Gasteiger partial charge in [-0.2, -0.15) is 5.10 Å². The molecule has 0 aliphatic carbocycles. The number of hydrogen-bond donors (Lipinski definition) is 2. The van der Waals surface area contributed by atoms with E-state index in [4.69, 9.17) is 11.6 Å². The Morgan fingerprint density at radius 1 is 0.973 bits per heavy atom. The van der Waals surface area contributed by atoms with E-state index in [1.165, 1.54) is 41.3 Å². The quantitative estimate of drug-likeness (QED) is 0.314. The van der Waals surface area contributed by atoms with E-state index in [0.29, 0.717) is 27.4 Å². The SMILES string of the molecule is O=C(N[C@@H](Cc1ccc(-c2ccc(OC(F)(F)F)cc2)cc1)C(=O)O)c1cnn(-c2ccc(Cl)cc2)c1. The van der Waals surface area contributed by atoms with E-state index < -0.39 is 24.3 Å². The summed E-state index contributed by atoms with van der Waals surface area (Å²) in [6.07, 6.45) is -1.93. The van der Waals surface area contributed by atoms with Crippen LogP contribution in [0.1, 0.15) is 15.9 Å². The molecule has 0 fully saturated rings. The van der Waals surface area contributed by atoms with E-state index >= 15 is 0 Å². The molecule has 0 saturated heterocycles. The topological polar surface area (TPSA) is 93.4 Å². The third kappa shape index (κ3) is 6.89. The lowest BCUT2D eigenvalue weighted by atomic mass is 10.0. The van der Waals surface area contributed by atoms with Crippen LogP contribution in [-0.4, -0.2) is 39.2 Å². The van der Waals surface area contributed by atoms with Gasteiger partial charge in [0.1, 0.15) is 11.8 Å². The molecular weight excluding hydrogens is 511 g/mol. The highest BCUT2D eigenvalue weighted by Crippen LogP contribution is 2.27. The molecule has 7 nitrogen and oxygen atoms in total. The van der Waals surface area contributed by atoms with Crippen LogP contribution >= 0.6 is 11.6 Å². The fourth-order valence-electron chi connectivity index (χ4n) is 3.53. The predicted octanol–water partition coefficient (Wildman–Crippen LogP) is 5.52. The first-order valence-corrected chi connectivity index (χ1v) is 11.2. The third-order valence-electron chi connectivity index (χ3n) is 5.35. The fourth-order valence-corrected chi connectivity index (χ4v) is 3.66. The van der Waals surface area contributed by atoms with Gasteiger partial charge >= 0.3 is 12.3 Å². The monoisotopic (exact) mass is 529 g/mol. The minimum absolute atomic E-state index is 0.0189. The number of amides is 1. The number of carboxylic acid groups (broad SMARTS) is 1. The molecule has 0 saturated carbocycles. The lowest BCUT2D eigenvalue weighted by Gasteiger charge is -2.14. The molecule has 2 N–H and O–H groups in total. The molecule has 11 heteroatoms. The summed E-state index contributed by atoms with van der Waals surface area (Å²) < 4.78 is 42.3. The van der Waals surface area contributed by atoms with Crippen molar-refractivity contribution >= 4 is 23.5 Å². The number of hydrogen-bond acceptors (Lipinski definition) is 4. The second-order valence-electron chi connectivity index (χ2n) is 7.99. The Bertz CT molecular complexity index is 1390. The van der Waals surface area contributed by atoms with Gasteiger partial charge in [0.15, 0.2) is 0 Å². The number of rotatable bonds is 8. The zero-order chi connectivity index (χ0) is 26.6. The van der Waals surface area contributed by atoms with Gasteiger partial charge in [-0.3, -0.25) is 4.79 Å². The first-order chi connectivity index (χ1) is 17.6. The van der Waals surface area contributed by atoms with Gasteiger partial charge in [-0.15, -0.1) is 13.2 Å². The number of nitrogens with zero attached hydrogens (tertiary/aromatic N) is 2. The summed E-state index contributed by atoms with van der Waals surface area (Å²) in [4.78, 5) is 24.5. The van der Waals surface area contributed by atoms with Crippen LogP contribution in [0, 0.1) is 0 Å². The molecular formula is C26H19ClF3N3O4. The minimum atomic E-state index is -4.77. The summed E-state index contributed by atoms with van der Waals surface area (Å²) in [7, 11) is 0. The Morgan fingerprint density at radius 2 is 1.57 bits per heavy atom. The second kappa shape index (κ2) is 10.8. The van der Waals surface area contributed by atoms with E-state index in [0.717, 1.165) is 0 Å². The molecule has 190 valence electrons. The lowest BCUT2D eigenvalue weighted by Crippen LogP contribution is -2.42. The van der Waals surface area contributed by atoms with Crippen LogP contribution in [-0.2, 0) is 11.2 Å². The van der Waals surface area contributed by atoms with E-state index in [1.54, 1.807) is 48.5 Å².